The van der Waals surface area contributed by atoms with Crippen molar-refractivity contribution in [3.05, 3.63) is 54.1 Å². The van der Waals surface area contributed by atoms with Crippen molar-refractivity contribution < 1.29 is 4.79 Å². The number of hydrogen-bond donors (Lipinski definition) is 0. The van der Waals surface area contributed by atoms with Gasteiger partial charge >= 0.3 is 0 Å². The summed E-state index contributed by atoms with van der Waals surface area (Å²) in [5.41, 5.74) is 4.16. The smallest absolute Gasteiger partial charge is 0.152 e. The van der Waals surface area contributed by atoms with Crippen molar-refractivity contribution in [1.82, 2.24) is 4.90 Å². The lowest BCUT2D eigenvalue weighted by atomic mass is 9.94. The Kier molecular flexibility index (Phi) is 5.07. The largest absolute Gasteiger partial charge is 0.368 e. The number of hydrogen-bond acceptors (Lipinski definition) is 3. The van der Waals surface area contributed by atoms with E-state index in [0.29, 0.717) is 12.1 Å². The highest BCUT2D eigenvalue weighted by Crippen LogP contribution is 2.32. The number of benzene rings is 2. The average Bonchev–Trinajstić information content (AvgIpc) is 3.23. The molecule has 2 aromatic rings. The van der Waals surface area contributed by atoms with E-state index in [1.807, 2.05) is 24.3 Å². The fraction of sp³-hybridized carbons (Fsp3) is 0.435. The molecule has 2 saturated heterocycles. The van der Waals surface area contributed by atoms with Crippen molar-refractivity contribution in [3.63, 3.8) is 0 Å². The second-order valence-electron chi connectivity index (χ2n) is 7.72. The van der Waals surface area contributed by atoms with Gasteiger partial charge in [0.1, 0.15) is 0 Å². The summed E-state index contributed by atoms with van der Waals surface area (Å²) in [6.45, 7) is 5.88. The molecule has 26 heavy (non-hydrogen) atoms. The van der Waals surface area contributed by atoms with Crippen LogP contribution in [0.5, 0.6) is 0 Å². The molecular formula is C23H28N2O. The predicted octanol–water partition coefficient (Wildman–Crippen LogP) is 4.62. The molecule has 2 aromatic carbocycles. The minimum absolute atomic E-state index is 0.468. The van der Waals surface area contributed by atoms with Gasteiger partial charge < -0.3 is 9.80 Å². The third kappa shape index (κ3) is 3.41. The Labute approximate surface area is 156 Å². The summed E-state index contributed by atoms with van der Waals surface area (Å²) in [6.07, 6.45) is 6.11. The van der Waals surface area contributed by atoms with Gasteiger partial charge in [0.2, 0.25) is 0 Å². The Morgan fingerprint density at radius 3 is 2.42 bits per heavy atom. The standard InChI is InChI=1S/C23H28N2O/c1-18-15-22(24-12-5-6-13-24)11-14-25(18)23-10-9-20(16-21(23)17-26)19-7-3-2-4-8-19/h2-4,7-10,16-18,22H,5-6,11-15H2,1H3. The second-order valence-corrected chi connectivity index (χ2v) is 7.72. The molecule has 0 N–H and O–H groups in total. The molecule has 2 aliphatic rings. The van der Waals surface area contributed by atoms with Gasteiger partial charge in [0.15, 0.2) is 6.29 Å². The average molecular weight is 348 g/mol. The van der Waals surface area contributed by atoms with Crippen LogP contribution in [0.2, 0.25) is 0 Å². The molecule has 2 atom stereocenters. The molecule has 0 aliphatic carbocycles. The van der Waals surface area contributed by atoms with Crippen LogP contribution in [-0.4, -0.2) is 42.9 Å². The first kappa shape index (κ1) is 17.3. The first-order chi connectivity index (χ1) is 12.8. The zero-order valence-corrected chi connectivity index (χ0v) is 15.6. The fourth-order valence-electron chi connectivity index (χ4n) is 4.66. The predicted molar refractivity (Wildman–Crippen MR) is 108 cm³/mol. The van der Waals surface area contributed by atoms with Crippen molar-refractivity contribution in [2.75, 3.05) is 24.5 Å². The van der Waals surface area contributed by atoms with Crippen LogP contribution in [0.4, 0.5) is 5.69 Å². The molecule has 136 valence electrons. The van der Waals surface area contributed by atoms with Crippen molar-refractivity contribution in [2.24, 2.45) is 0 Å². The monoisotopic (exact) mass is 348 g/mol. The summed E-state index contributed by atoms with van der Waals surface area (Å²) in [6, 6.07) is 17.8. The Morgan fingerprint density at radius 2 is 1.73 bits per heavy atom. The number of carbonyl (C=O) groups excluding carboxylic acids is 1. The van der Waals surface area contributed by atoms with E-state index in [0.717, 1.165) is 35.2 Å². The molecule has 3 nitrogen and oxygen atoms in total. The molecule has 2 fully saturated rings. The molecule has 2 unspecified atom stereocenters. The van der Waals surface area contributed by atoms with Gasteiger partial charge in [0.25, 0.3) is 0 Å². The third-order valence-electron chi connectivity index (χ3n) is 6.08. The molecule has 0 spiro atoms. The number of aldehydes is 1. The molecule has 3 heteroatoms. The fourth-order valence-corrected chi connectivity index (χ4v) is 4.66. The molecule has 0 aromatic heterocycles. The zero-order chi connectivity index (χ0) is 17.9. The van der Waals surface area contributed by atoms with E-state index in [4.69, 9.17) is 0 Å². The third-order valence-corrected chi connectivity index (χ3v) is 6.08. The van der Waals surface area contributed by atoms with E-state index in [9.17, 15) is 4.79 Å². The molecule has 2 heterocycles. The van der Waals surface area contributed by atoms with Gasteiger partial charge in [-0.2, -0.15) is 0 Å². The van der Waals surface area contributed by atoms with Gasteiger partial charge in [-0.1, -0.05) is 36.4 Å². The van der Waals surface area contributed by atoms with Crippen LogP contribution in [0.15, 0.2) is 48.5 Å². The van der Waals surface area contributed by atoms with Crippen molar-refractivity contribution in [3.8, 4) is 11.1 Å². The quantitative estimate of drug-likeness (QED) is 0.753. The number of carbonyl (C=O) groups is 1. The lowest BCUT2D eigenvalue weighted by Gasteiger charge is -2.42. The molecule has 2 aliphatic heterocycles. The van der Waals surface area contributed by atoms with Gasteiger partial charge in [0.05, 0.1) is 0 Å². The Morgan fingerprint density at radius 1 is 0.962 bits per heavy atom. The maximum absolute atomic E-state index is 11.8. The lowest BCUT2D eigenvalue weighted by molar-refractivity contribution is 0.112. The Hall–Kier alpha value is -2.13. The lowest BCUT2D eigenvalue weighted by Crippen LogP contribution is -2.48. The zero-order valence-electron chi connectivity index (χ0n) is 15.6. The number of piperidine rings is 1. The summed E-state index contributed by atoms with van der Waals surface area (Å²) in [7, 11) is 0. The highest BCUT2D eigenvalue weighted by molar-refractivity contribution is 5.87. The van der Waals surface area contributed by atoms with Gasteiger partial charge in [-0.15, -0.1) is 0 Å². The summed E-state index contributed by atoms with van der Waals surface area (Å²) in [5.74, 6) is 0. The van der Waals surface area contributed by atoms with Crippen LogP contribution in [0.1, 0.15) is 43.0 Å². The maximum Gasteiger partial charge on any atom is 0.152 e. The first-order valence-corrected chi connectivity index (χ1v) is 9.91. The van der Waals surface area contributed by atoms with Crippen LogP contribution in [-0.2, 0) is 0 Å². The van der Waals surface area contributed by atoms with Gasteiger partial charge in [0, 0.05) is 29.9 Å². The molecular weight excluding hydrogens is 320 g/mol. The summed E-state index contributed by atoms with van der Waals surface area (Å²) in [5, 5.41) is 0. The number of likely N-dealkylation sites (tertiary alicyclic amines) is 1. The van der Waals surface area contributed by atoms with Gasteiger partial charge in [-0.3, -0.25) is 4.79 Å². The van der Waals surface area contributed by atoms with Crippen molar-refractivity contribution in [1.29, 1.82) is 0 Å². The summed E-state index contributed by atoms with van der Waals surface area (Å²) in [4.78, 5) is 16.9. The first-order valence-electron chi connectivity index (χ1n) is 9.91. The van der Waals surface area contributed by atoms with E-state index in [1.54, 1.807) is 0 Å². The van der Waals surface area contributed by atoms with Crippen LogP contribution >= 0.6 is 0 Å². The summed E-state index contributed by atoms with van der Waals surface area (Å²) >= 11 is 0. The Balaban J connectivity index is 1.54. The highest BCUT2D eigenvalue weighted by Gasteiger charge is 2.31. The highest BCUT2D eigenvalue weighted by atomic mass is 16.1. The molecule has 0 radical (unpaired) electrons. The second kappa shape index (κ2) is 7.63. The Bertz CT molecular complexity index is 752. The maximum atomic E-state index is 11.8. The summed E-state index contributed by atoms with van der Waals surface area (Å²) < 4.78 is 0. The molecule has 0 saturated carbocycles. The van der Waals surface area contributed by atoms with Gasteiger partial charge in [-0.25, -0.2) is 0 Å². The van der Waals surface area contributed by atoms with Crippen LogP contribution in [0.3, 0.4) is 0 Å². The van der Waals surface area contributed by atoms with E-state index in [2.05, 4.69) is 41.0 Å². The number of anilines is 1. The van der Waals surface area contributed by atoms with Crippen molar-refractivity contribution in [2.45, 2.75) is 44.7 Å². The SMILES string of the molecule is CC1CC(N2CCCC2)CCN1c1ccc(-c2ccccc2)cc1C=O. The van der Waals surface area contributed by atoms with E-state index >= 15 is 0 Å². The minimum Gasteiger partial charge on any atom is -0.368 e. The number of rotatable bonds is 4. The van der Waals surface area contributed by atoms with E-state index < -0.39 is 0 Å². The molecule has 4 rings (SSSR count). The van der Waals surface area contributed by atoms with E-state index in [-0.39, 0.29) is 0 Å². The van der Waals surface area contributed by atoms with Crippen LogP contribution in [0.25, 0.3) is 11.1 Å². The molecule has 0 bridgehead atoms. The van der Waals surface area contributed by atoms with Gasteiger partial charge in [-0.05, 0) is 69.0 Å². The van der Waals surface area contributed by atoms with Crippen LogP contribution in [0, 0.1) is 0 Å². The van der Waals surface area contributed by atoms with E-state index in [1.165, 1.54) is 38.8 Å². The molecule has 0 amide bonds. The van der Waals surface area contributed by atoms with Crippen LogP contribution < -0.4 is 4.90 Å². The van der Waals surface area contributed by atoms with Crippen molar-refractivity contribution >= 4 is 12.0 Å². The normalized spacial score (nSPS) is 24.0. The minimum atomic E-state index is 0.468. The number of nitrogens with zero attached hydrogens (tertiary/aromatic N) is 2. The topological polar surface area (TPSA) is 23.6 Å².